The number of fused-ring (bicyclic) bond motifs is 1. The third-order valence-electron chi connectivity index (χ3n) is 5.74. The predicted molar refractivity (Wildman–Crippen MR) is 110 cm³/mol. The zero-order valence-electron chi connectivity index (χ0n) is 17.5. The smallest absolute Gasteiger partial charge is 0.264 e. The van der Waals surface area contributed by atoms with Crippen LogP contribution in [0.25, 0.3) is 0 Å². The highest BCUT2D eigenvalue weighted by Crippen LogP contribution is 2.58. The summed E-state index contributed by atoms with van der Waals surface area (Å²) >= 11 is 0. The lowest BCUT2D eigenvalue weighted by Gasteiger charge is -2.55. The van der Waals surface area contributed by atoms with Crippen LogP contribution in [-0.2, 0) is 18.7 Å². The summed E-state index contributed by atoms with van der Waals surface area (Å²) in [4.78, 5) is 0. The molecule has 0 bridgehead atoms. The maximum Gasteiger partial charge on any atom is 0.264 e. The number of rotatable bonds is 6. The molecule has 0 unspecified atom stereocenters. The summed E-state index contributed by atoms with van der Waals surface area (Å²) in [5.74, 6) is 1.49. The summed E-state index contributed by atoms with van der Waals surface area (Å²) in [6, 6.07) is 0. The minimum atomic E-state index is -3.50. The average Bonchev–Trinajstić information content (AvgIpc) is 2.38. The summed E-state index contributed by atoms with van der Waals surface area (Å²) in [5.41, 5.74) is 1.13. The van der Waals surface area contributed by atoms with Gasteiger partial charge in [-0.1, -0.05) is 26.8 Å². The monoisotopic (exact) mass is 400 g/mol. The van der Waals surface area contributed by atoms with Gasteiger partial charge in [0.05, 0.1) is 18.1 Å². The van der Waals surface area contributed by atoms with Crippen LogP contribution in [-0.4, -0.2) is 29.1 Å². The zero-order valence-corrected chi connectivity index (χ0v) is 19.3. The van der Waals surface area contributed by atoms with Crippen LogP contribution in [0.2, 0.25) is 19.6 Å². The molecule has 0 radical (unpaired) electrons. The Morgan fingerprint density at radius 3 is 2.35 bits per heavy atom. The molecule has 4 nitrogen and oxygen atoms in total. The first kappa shape index (κ1) is 21.7. The Hall–Kier alpha value is -0.593. The summed E-state index contributed by atoms with van der Waals surface area (Å²) in [5, 5.41) is 0. The zero-order chi connectivity index (χ0) is 20.0. The van der Waals surface area contributed by atoms with Crippen molar-refractivity contribution in [1.82, 2.24) is 0 Å². The van der Waals surface area contributed by atoms with Gasteiger partial charge >= 0.3 is 0 Å². The van der Waals surface area contributed by atoms with Gasteiger partial charge in [0.15, 0.2) is 0 Å². The second-order valence-electron chi connectivity index (χ2n) is 10.2. The maximum absolute atomic E-state index is 11.9. The number of hydrogen-bond donors (Lipinski definition) is 0. The molecule has 0 saturated heterocycles. The van der Waals surface area contributed by atoms with Crippen molar-refractivity contribution in [3.8, 4) is 0 Å². The Balaban J connectivity index is 2.45. The van der Waals surface area contributed by atoms with Crippen LogP contribution < -0.4 is 0 Å². The lowest BCUT2D eigenvalue weighted by atomic mass is 9.53. The van der Waals surface area contributed by atoms with E-state index in [1.54, 1.807) is 0 Å². The van der Waals surface area contributed by atoms with E-state index in [1.807, 2.05) is 6.08 Å². The van der Waals surface area contributed by atoms with Gasteiger partial charge in [-0.2, -0.15) is 8.42 Å². The van der Waals surface area contributed by atoms with E-state index in [9.17, 15) is 8.42 Å². The van der Waals surface area contributed by atoms with Crippen molar-refractivity contribution in [3.63, 3.8) is 0 Å². The standard InChI is InChI=1S/C20H36O4SSi/c1-9-10-15-12-20(4)16(11-17(15)24-26(6,7)8)13-19(2,3)14-18(20)23-25(5,21)22/h9,16,18H,1,10-14H2,2-8H3/t16-,18+,20+/m1/s1. The molecule has 1 fully saturated rings. The van der Waals surface area contributed by atoms with Crippen molar-refractivity contribution in [2.75, 3.05) is 6.26 Å². The van der Waals surface area contributed by atoms with Crippen LogP contribution in [0.1, 0.15) is 52.9 Å². The van der Waals surface area contributed by atoms with Crippen LogP contribution in [0.15, 0.2) is 24.0 Å². The van der Waals surface area contributed by atoms with Crippen molar-refractivity contribution < 1.29 is 17.0 Å². The molecule has 0 aliphatic heterocycles. The largest absolute Gasteiger partial charge is 0.547 e. The fourth-order valence-corrected chi connectivity index (χ4v) is 6.35. The van der Waals surface area contributed by atoms with E-state index in [0.717, 1.165) is 44.1 Å². The molecule has 26 heavy (non-hydrogen) atoms. The molecule has 0 aromatic carbocycles. The molecule has 2 rings (SSSR count). The molecule has 0 amide bonds. The van der Waals surface area contributed by atoms with E-state index in [0.29, 0.717) is 5.92 Å². The van der Waals surface area contributed by atoms with Gasteiger partial charge in [0.25, 0.3) is 10.1 Å². The minimum Gasteiger partial charge on any atom is -0.547 e. The highest BCUT2D eigenvalue weighted by atomic mass is 32.2. The SMILES string of the molecule is C=CCC1=C(O[Si](C)(C)C)C[C@@H]2CC(C)(C)C[C@H](OS(C)(=O)=O)[C@@]2(C)C1. The Morgan fingerprint density at radius 1 is 1.23 bits per heavy atom. The normalized spacial score (nSPS) is 32.1. The van der Waals surface area contributed by atoms with E-state index in [2.05, 4.69) is 47.0 Å². The molecule has 2 aliphatic carbocycles. The van der Waals surface area contributed by atoms with Crippen LogP contribution in [0.5, 0.6) is 0 Å². The van der Waals surface area contributed by atoms with Gasteiger partial charge in [-0.15, -0.1) is 6.58 Å². The van der Waals surface area contributed by atoms with Crippen LogP contribution in [0.4, 0.5) is 0 Å². The van der Waals surface area contributed by atoms with E-state index in [-0.39, 0.29) is 16.9 Å². The van der Waals surface area contributed by atoms with Gasteiger partial charge in [0.1, 0.15) is 0 Å². The third kappa shape index (κ3) is 5.23. The fourth-order valence-electron chi connectivity index (χ4n) is 4.67. The van der Waals surface area contributed by atoms with Crippen LogP contribution >= 0.6 is 0 Å². The minimum absolute atomic E-state index is 0.0553. The first-order valence-electron chi connectivity index (χ1n) is 9.54. The molecule has 1 saturated carbocycles. The number of allylic oxidation sites excluding steroid dienone is 3. The van der Waals surface area contributed by atoms with Gasteiger partial charge in [0.2, 0.25) is 8.32 Å². The molecule has 0 aromatic rings. The highest BCUT2D eigenvalue weighted by Gasteiger charge is 2.53. The van der Waals surface area contributed by atoms with E-state index in [4.69, 9.17) is 8.61 Å². The van der Waals surface area contributed by atoms with E-state index < -0.39 is 18.4 Å². The molecule has 2 aliphatic rings. The van der Waals surface area contributed by atoms with Gasteiger partial charge < -0.3 is 4.43 Å². The summed E-state index contributed by atoms with van der Waals surface area (Å²) in [6.07, 6.45) is 7.10. The summed E-state index contributed by atoms with van der Waals surface area (Å²) < 4.78 is 35.9. The first-order valence-corrected chi connectivity index (χ1v) is 14.8. The Labute approximate surface area is 161 Å². The maximum atomic E-state index is 11.9. The van der Waals surface area contributed by atoms with E-state index in [1.165, 1.54) is 5.57 Å². The molecule has 0 aromatic heterocycles. The molecule has 0 N–H and O–H groups in total. The second kappa shape index (κ2) is 7.10. The third-order valence-corrected chi connectivity index (χ3v) is 7.18. The van der Waals surface area contributed by atoms with Crippen molar-refractivity contribution in [3.05, 3.63) is 24.0 Å². The van der Waals surface area contributed by atoms with Crippen molar-refractivity contribution in [1.29, 1.82) is 0 Å². The lowest BCUT2D eigenvalue weighted by molar-refractivity contribution is -0.0760. The Kier molecular flexibility index (Phi) is 5.92. The van der Waals surface area contributed by atoms with Crippen LogP contribution in [0, 0.1) is 16.7 Å². The van der Waals surface area contributed by atoms with Crippen LogP contribution in [0.3, 0.4) is 0 Å². The number of hydrogen-bond acceptors (Lipinski definition) is 4. The average molecular weight is 401 g/mol. The van der Waals surface area contributed by atoms with Gasteiger partial charge in [-0.05, 0) is 62.2 Å². The van der Waals surface area contributed by atoms with Crippen molar-refractivity contribution >= 4 is 18.4 Å². The molecule has 150 valence electrons. The molecular formula is C20H36O4SSi. The summed E-state index contributed by atoms with van der Waals surface area (Å²) in [7, 11) is -5.20. The molecule has 0 spiro atoms. The molecular weight excluding hydrogens is 364 g/mol. The molecule has 6 heteroatoms. The van der Waals surface area contributed by atoms with Crippen molar-refractivity contribution in [2.45, 2.75) is 78.6 Å². The van der Waals surface area contributed by atoms with E-state index >= 15 is 0 Å². The van der Waals surface area contributed by atoms with Crippen molar-refractivity contribution in [2.24, 2.45) is 16.7 Å². The van der Waals surface area contributed by atoms with Gasteiger partial charge in [-0.25, -0.2) is 0 Å². The molecule has 0 heterocycles. The first-order chi connectivity index (χ1) is 11.7. The predicted octanol–water partition coefficient (Wildman–Crippen LogP) is 5.25. The topological polar surface area (TPSA) is 52.6 Å². The van der Waals surface area contributed by atoms with Gasteiger partial charge in [0, 0.05) is 11.8 Å². The highest BCUT2D eigenvalue weighted by molar-refractivity contribution is 7.86. The second-order valence-corrected chi connectivity index (χ2v) is 16.2. The van der Waals surface area contributed by atoms with Gasteiger partial charge in [-0.3, -0.25) is 4.18 Å². The lowest BCUT2D eigenvalue weighted by Crippen LogP contribution is -2.52. The molecule has 3 atom stereocenters. The quantitative estimate of drug-likeness (QED) is 0.347. The Bertz CT molecular complexity index is 687. The Morgan fingerprint density at radius 2 is 1.85 bits per heavy atom. The summed E-state index contributed by atoms with van der Waals surface area (Å²) in [6.45, 7) is 17.2. The fraction of sp³-hybridized carbons (Fsp3) is 0.800.